The van der Waals surface area contributed by atoms with E-state index in [1.54, 1.807) is 11.3 Å². The summed E-state index contributed by atoms with van der Waals surface area (Å²) in [6, 6.07) is 17.0. The van der Waals surface area contributed by atoms with Gasteiger partial charge in [-0.3, -0.25) is 0 Å². The van der Waals surface area contributed by atoms with Gasteiger partial charge in [-0.05, 0) is 19.4 Å². The van der Waals surface area contributed by atoms with E-state index in [0.717, 1.165) is 6.54 Å². The van der Waals surface area contributed by atoms with Crippen LogP contribution in [0.3, 0.4) is 0 Å². The van der Waals surface area contributed by atoms with Gasteiger partial charge in [-0.25, -0.2) is 0 Å². The van der Waals surface area contributed by atoms with Crippen LogP contribution in [-0.2, 0) is 13.1 Å². The van der Waals surface area contributed by atoms with Crippen molar-refractivity contribution in [2.45, 2.75) is 33.9 Å². The molecule has 23 heavy (non-hydrogen) atoms. The topological polar surface area (TPSA) is 29.9 Å². The molecule has 2 nitrogen and oxygen atoms in total. The summed E-state index contributed by atoms with van der Waals surface area (Å²) < 4.78 is 2.27. The van der Waals surface area contributed by atoms with Gasteiger partial charge in [0.15, 0.2) is 12.2 Å². The second kappa shape index (κ2) is 8.61. The second-order valence-electron chi connectivity index (χ2n) is 5.80. The van der Waals surface area contributed by atoms with Crippen molar-refractivity contribution >= 4 is 11.3 Å². The Morgan fingerprint density at radius 1 is 0.826 bits per heavy atom. The highest BCUT2D eigenvalue weighted by molar-refractivity contribution is 7.07. The average molecular weight is 326 g/mol. The van der Waals surface area contributed by atoms with Crippen molar-refractivity contribution in [3.05, 3.63) is 87.4 Å². The Morgan fingerprint density at radius 3 is 1.78 bits per heavy atom. The molecule has 0 aliphatic rings. The fourth-order valence-electron chi connectivity index (χ4n) is 2.13. The van der Waals surface area contributed by atoms with Crippen LogP contribution in [0.2, 0.25) is 0 Å². The van der Waals surface area contributed by atoms with Crippen LogP contribution in [0.5, 0.6) is 0 Å². The van der Waals surface area contributed by atoms with Crippen molar-refractivity contribution < 1.29 is 4.57 Å². The van der Waals surface area contributed by atoms with Crippen molar-refractivity contribution in [1.82, 2.24) is 0 Å². The molecule has 0 aliphatic heterocycles. The molecule has 3 rings (SSSR count). The third kappa shape index (κ3) is 5.62. The van der Waals surface area contributed by atoms with Crippen molar-refractivity contribution in [2.75, 3.05) is 0 Å². The van der Waals surface area contributed by atoms with Gasteiger partial charge in [0.2, 0.25) is 5.51 Å². The van der Waals surface area contributed by atoms with Gasteiger partial charge in [0, 0.05) is 19.0 Å². The number of benzene rings is 2. The smallest absolute Gasteiger partial charge is 0.225 e. The maximum absolute atomic E-state index is 5.40. The number of hydrogen-bond acceptors (Lipinski definition) is 2. The Balaban J connectivity index is 0.000000185. The van der Waals surface area contributed by atoms with Crippen molar-refractivity contribution in [1.29, 1.82) is 0 Å². The summed E-state index contributed by atoms with van der Waals surface area (Å²) in [5, 5.41) is 2.17. The van der Waals surface area contributed by atoms with Gasteiger partial charge < -0.3 is 5.73 Å². The normalized spacial score (nSPS) is 10.1. The molecule has 0 atom stereocenters. The first kappa shape index (κ1) is 17.4. The van der Waals surface area contributed by atoms with Crippen LogP contribution < -0.4 is 10.3 Å². The number of aryl methyl sites for hydroxylation is 3. The van der Waals surface area contributed by atoms with E-state index in [-0.39, 0.29) is 0 Å². The Hall–Kier alpha value is -1.97. The van der Waals surface area contributed by atoms with Gasteiger partial charge in [0.25, 0.3) is 0 Å². The predicted octanol–water partition coefficient (Wildman–Crippen LogP) is 4.15. The van der Waals surface area contributed by atoms with Crippen LogP contribution in [0, 0.1) is 20.8 Å². The van der Waals surface area contributed by atoms with Crippen LogP contribution in [0.25, 0.3) is 0 Å². The lowest BCUT2D eigenvalue weighted by Crippen LogP contribution is -2.34. The van der Waals surface area contributed by atoms with Crippen LogP contribution in [0.4, 0.5) is 0 Å². The molecular weight excluding hydrogens is 300 g/mol. The fourth-order valence-corrected chi connectivity index (χ4v) is 2.91. The third-order valence-corrected chi connectivity index (χ3v) is 4.56. The van der Waals surface area contributed by atoms with Crippen molar-refractivity contribution in [3.63, 3.8) is 0 Å². The van der Waals surface area contributed by atoms with E-state index in [0.29, 0.717) is 6.54 Å². The molecule has 0 unspecified atom stereocenters. The maximum atomic E-state index is 5.40. The van der Waals surface area contributed by atoms with Crippen LogP contribution in [0.15, 0.2) is 59.4 Å². The Morgan fingerprint density at radius 2 is 1.35 bits per heavy atom. The Labute approximate surface area is 143 Å². The number of nitrogens with zero attached hydrogens (tertiary/aromatic N) is 1. The molecule has 0 fully saturated rings. The molecule has 1 heterocycles. The molecular formula is C20H25N2S+. The van der Waals surface area contributed by atoms with E-state index in [1.807, 2.05) is 0 Å². The van der Waals surface area contributed by atoms with E-state index < -0.39 is 0 Å². The lowest BCUT2D eigenvalue weighted by molar-refractivity contribution is -0.689. The molecule has 0 saturated heterocycles. The molecule has 0 spiro atoms. The molecule has 0 saturated carbocycles. The van der Waals surface area contributed by atoms with Gasteiger partial charge in [-0.15, -0.1) is 0 Å². The lowest BCUT2D eigenvalue weighted by Gasteiger charge is -1.97. The molecule has 3 aromatic rings. The monoisotopic (exact) mass is 325 g/mol. The largest absolute Gasteiger partial charge is 0.326 e. The van der Waals surface area contributed by atoms with E-state index in [4.69, 9.17) is 5.73 Å². The van der Waals surface area contributed by atoms with Crippen LogP contribution in [0.1, 0.15) is 27.9 Å². The number of hydrogen-bond donors (Lipinski definition) is 1. The van der Waals surface area contributed by atoms with Gasteiger partial charge in [-0.2, -0.15) is 4.57 Å². The van der Waals surface area contributed by atoms with E-state index in [9.17, 15) is 0 Å². The Kier molecular flexibility index (Phi) is 6.51. The number of rotatable bonds is 3. The number of thiazole rings is 1. The minimum atomic E-state index is 0.639. The maximum Gasteiger partial charge on any atom is 0.225 e. The minimum absolute atomic E-state index is 0.639. The van der Waals surface area contributed by atoms with Gasteiger partial charge >= 0.3 is 0 Å². The zero-order chi connectivity index (χ0) is 16.7. The number of nitrogens with two attached hydrogens (primary N) is 1. The first-order valence-electron chi connectivity index (χ1n) is 7.82. The first-order valence-corrected chi connectivity index (χ1v) is 8.76. The molecule has 0 bridgehead atoms. The van der Waals surface area contributed by atoms with Gasteiger partial charge in [0.1, 0.15) is 0 Å². The summed E-state index contributed by atoms with van der Waals surface area (Å²) in [5.74, 6) is 0. The molecule has 3 heteroatoms. The standard InChI is InChI=1S/C12H14NS.C8H11N/c1-10-3-5-12(6-4-10)7-13-9-14-8-11(13)2;1-7-2-4-8(6-9)5-3-7/h3-6,8-9H,7H2,1-2H3;2-5H,6,9H2,1H3/q+1;. The predicted molar refractivity (Wildman–Crippen MR) is 98.6 cm³/mol. The number of aromatic nitrogens is 1. The highest BCUT2D eigenvalue weighted by atomic mass is 32.1. The molecule has 2 N–H and O–H groups in total. The minimum Gasteiger partial charge on any atom is -0.326 e. The quantitative estimate of drug-likeness (QED) is 0.720. The average Bonchev–Trinajstić information content (AvgIpc) is 2.96. The molecule has 120 valence electrons. The first-order chi connectivity index (χ1) is 11.1. The fraction of sp³-hybridized carbons (Fsp3) is 0.250. The third-order valence-electron chi connectivity index (χ3n) is 3.71. The van der Waals surface area contributed by atoms with Crippen LogP contribution >= 0.6 is 11.3 Å². The zero-order valence-corrected chi connectivity index (χ0v) is 14.9. The Bertz CT molecular complexity index is 712. The molecule has 2 aromatic carbocycles. The summed E-state index contributed by atoms with van der Waals surface area (Å²) in [6.07, 6.45) is 0. The zero-order valence-electron chi connectivity index (χ0n) is 14.1. The summed E-state index contributed by atoms with van der Waals surface area (Å²) in [7, 11) is 0. The van der Waals surface area contributed by atoms with E-state index in [1.165, 1.54) is 27.9 Å². The SMILES string of the molecule is Cc1ccc(CN)cc1.Cc1ccc(C[n+]2cscc2C)cc1. The highest BCUT2D eigenvalue weighted by Gasteiger charge is 2.07. The van der Waals surface area contributed by atoms with Crippen molar-refractivity contribution in [3.8, 4) is 0 Å². The highest BCUT2D eigenvalue weighted by Crippen LogP contribution is 2.04. The van der Waals surface area contributed by atoms with E-state index in [2.05, 4.69) is 84.8 Å². The summed E-state index contributed by atoms with van der Waals surface area (Å²) in [4.78, 5) is 0. The van der Waals surface area contributed by atoms with Crippen molar-refractivity contribution in [2.24, 2.45) is 5.73 Å². The summed E-state index contributed by atoms with van der Waals surface area (Å²) in [6.45, 7) is 7.95. The molecule has 0 aliphatic carbocycles. The summed E-state index contributed by atoms with van der Waals surface area (Å²) >= 11 is 1.75. The van der Waals surface area contributed by atoms with Crippen LogP contribution in [-0.4, -0.2) is 0 Å². The summed E-state index contributed by atoms with van der Waals surface area (Å²) in [5.41, 5.74) is 14.1. The molecule has 0 amide bonds. The second-order valence-corrected chi connectivity index (χ2v) is 6.52. The molecule has 0 radical (unpaired) electrons. The lowest BCUT2D eigenvalue weighted by atomic mass is 10.1. The van der Waals surface area contributed by atoms with Gasteiger partial charge in [-0.1, -0.05) is 71.0 Å². The van der Waals surface area contributed by atoms with Gasteiger partial charge in [0.05, 0.1) is 5.38 Å². The molecule has 1 aromatic heterocycles. The van der Waals surface area contributed by atoms with E-state index >= 15 is 0 Å².